The number of rotatable bonds is 10. The lowest BCUT2D eigenvalue weighted by molar-refractivity contribution is -0.160. The number of aliphatic hydroxyl groups is 1. The number of carbonyl (C=O) groups is 3. The fraction of sp³-hybridized carbons (Fsp3) is 0.552. The van der Waals surface area contributed by atoms with Gasteiger partial charge in [0.2, 0.25) is 5.91 Å². The van der Waals surface area contributed by atoms with E-state index in [1.165, 1.54) is 15.9 Å². The highest BCUT2D eigenvalue weighted by Crippen LogP contribution is 2.64. The molecule has 6 atom stereocenters. The van der Waals surface area contributed by atoms with Crippen LogP contribution in [0.4, 0.5) is 5.69 Å². The summed E-state index contributed by atoms with van der Waals surface area (Å²) in [5.41, 5.74) is -0.899. The van der Waals surface area contributed by atoms with Crippen LogP contribution in [0.5, 0.6) is 0 Å². The molecule has 3 saturated heterocycles. The minimum atomic E-state index is -1.25. The fourth-order valence-electron chi connectivity index (χ4n) is 6.74. The van der Waals surface area contributed by atoms with Gasteiger partial charge in [-0.1, -0.05) is 56.3 Å². The summed E-state index contributed by atoms with van der Waals surface area (Å²) >= 11 is 6.59. The van der Waals surface area contributed by atoms with Crippen molar-refractivity contribution < 1.29 is 29.0 Å². The Morgan fingerprint density at radius 3 is 2.61 bits per heavy atom. The molecule has 9 heteroatoms. The second-order valence-corrected chi connectivity index (χ2v) is 11.4. The van der Waals surface area contributed by atoms with Crippen molar-refractivity contribution in [1.82, 2.24) is 4.90 Å². The third-order valence-corrected chi connectivity index (χ3v) is 8.70. The Morgan fingerprint density at radius 2 is 2.03 bits per heavy atom. The number of hydrogen-bond acceptors (Lipinski definition) is 6. The summed E-state index contributed by atoms with van der Waals surface area (Å²) in [5.74, 6) is -3.28. The summed E-state index contributed by atoms with van der Waals surface area (Å²) < 4.78 is 12.1. The van der Waals surface area contributed by atoms with Crippen molar-refractivity contribution in [3.05, 3.63) is 54.1 Å². The molecule has 0 saturated carbocycles. The number of amides is 2. The molecular formula is C29H37ClN2O6. The Balaban J connectivity index is 1.88. The van der Waals surface area contributed by atoms with E-state index in [0.29, 0.717) is 23.6 Å². The Morgan fingerprint density at radius 1 is 1.32 bits per heavy atom. The molecule has 3 aliphatic heterocycles. The number of ether oxygens (including phenoxy) is 2. The molecule has 1 N–H and O–H groups in total. The molecule has 38 heavy (non-hydrogen) atoms. The van der Waals surface area contributed by atoms with Crippen LogP contribution in [0, 0.1) is 24.7 Å². The van der Waals surface area contributed by atoms with E-state index in [9.17, 15) is 19.5 Å². The van der Waals surface area contributed by atoms with Crippen LogP contribution >= 0.6 is 11.6 Å². The number of carbonyl (C=O) groups excluding carboxylic acids is 3. The Labute approximate surface area is 229 Å². The van der Waals surface area contributed by atoms with Crippen LogP contribution in [-0.2, 0) is 23.9 Å². The van der Waals surface area contributed by atoms with Gasteiger partial charge in [-0.2, -0.15) is 0 Å². The predicted molar refractivity (Wildman–Crippen MR) is 145 cm³/mol. The quantitative estimate of drug-likeness (QED) is 0.356. The van der Waals surface area contributed by atoms with Gasteiger partial charge in [0.15, 0.2) is 0 Å². The number of benzene rings is 1. The van der Waals surface area contributed by atoms with Crippen LogP contribution in [0.2, 0.25) is 5.02 Å². The van der Waals surface area contributed by atoms with Crippen LogP contribution in [0.1, 0.15) is 39.2 Å². The van der Waals surface area contributed by atoms with E-state index in [2.05, 4.69) is 13.2 Å². The van der Waals surface area contributed by atoms with Crippen LogP contribution in [0.25, 0.3) is 0 Å². The summed E-state index contributed by atoms with van der Waals surface area (Å²) in [4.78, 5) is 45.2. The molecule has 3 fully saturated rings. The first-order valence-electron chi connectivity index (χ1n) is 13.1. The maximum Gasteiger partial charge on any atom is 0.313 e. The van der Waals surface area contributed by atoms with Crippen molar-refractivity contribution in [3.8, 4) is 0 Å². The van der Waals surface area contributed by atoms with Gasteiger partial charge in [-0.3, -0.25) is 14.4 Å². The number of aryl methyl sites for hydroxylation is 1. The van der Waals surface area contributed by atoms with Gasteiger partial charge in [0.05, 0.1) is 34.9 Å². The smallest absolute Gasteiger partial charge is 0.313 e. The van der Waals surface area contributed by atoms with Gasteiger partial charge in [0, 0.05) is 6.54 Å². The van der Waals surface area contributed by atoms with Crippen LogP contribution in [0.15, 0.2) is 43.5 Å². The van der Waals surface area contributed by atoms with Gasteiger partial charge < -0.3 is 24.4 Å². The molecule has 206 valence electrons. The molecule has 4 rings (SSSR count). The highest BCUT2D eigenvalue weighted by atomic mass is 35.5. The number of anilines is 1. The van der Waals surface area contributed by atoms with Crippen molar-refractivity contribution in [2.75, 3.05) is 24.7 Å². The maximum absolute atomic E-state index is 14.7. The lowest BCUT2D eigenvalue weighted by Crippen LogP contribution is -2.60. The highest BCUT2D eigenvalue weighted by molar-refractivity contribution is 6.34. The van der Waals surface area contributed by atoms with Crippen molar-refractivity contribution in [1.29, 1.82) is 0 Å². The van der Waals surface area contributed by atoms with Crippen LogP contribution in [0.3, 0.4) is 0 Å². The first-order valence-corrected chi connectivity index (χ1v) is 13.4. The van der Waals surface area contributed by atoms with Crippen molar-refractivity contribution in [2.24, 2.45) is 17.8 Å². The number of nitrogens with zero attached hydrogens (tertiary/aromatic N) is 2. The Hall–Kier alpha value is -2.68. The van der Waals surface area contributed by atoms with Crippen molar-refractivity contribution in [3.63, 3.8) is 0 Å². The topological polar surface area (TPSA) is 96.4 Å². The highest BCUT2D eigenvalue weighted by Gasteiger charge is 2.79. The molecule has 1 aromatic rings. The lowest BCUT2D eigenvalue weighted by atomic mass is 9.66. The SMILES string of the molecule is C=CCOC(=O)[C@H]1[C@H]2C(=O)N([C@@H](CO)C(C)C)C(C(=O)N(CC=C)c3c(C)cccc3Cl)C23CC[C@]1(C)O3. The summed E-state index contributed by atoms with van der Waals surface area (Å²) in [7, 11) is 0. The van der Waals surface area contributed by atoms with Crippen molar-refractivity contribution in [2.45, 2.75) is 63.8 Å². The molecule has 2 amide bonds. The van der Waals surface area contributed by atoms with E-state index in [4.69, 9.17) is 21.1 Å². The van der Waals surface area contributed by atoms with Gasteiger partial charge in [-0.25, -0.2) is 0 Å². The summed E-state index contributed by atoms with van der Waals surface area (Å²) in [6.45, 7) is 14.7. The monoisotopic (exact) mass is 544 g/mol. The molecule has 0 aromatic heterocycles. The van der Waals surface area contributed by atoms with E-state index in [0.717, 1.165) is 5.56 Å². The second-order valence-electron chi connectivity index (χ2n) is 11.0. The number of hydrogen-bond donors (Lipinski definition) is 1. The molecule has 2 bridgehead atoms. The number of esters is 1. The minimum absolute atomic E-state index is 0.00948. The fourth-order valence-corrected chi connectivity index (χ4v) is 7.07. The van der Waals surface area contributed by atoms with Crippen LogP contribution < -0.4 is 4.90 Å². The Kier molecular flexibility index (Phi) is 7.81. The van der Waals surface area contributed by atoms with Crippen molar-refractivity contribution >= 4 is 35.1 Å². The number of para-hydroxylation sites is 1. The standard InChI is InChI=1S/C29H37ClN2O6/c1-7-14-31(23-18(5)10-9-11-19(23)30)26(35)24-29-13-12-28(6,38-29)22(27(36)37-15-8-2)21(29)25(34)32(24)20(16-33)17(3)4/h7-11,17,20-22,24,33H,1-2,12-16H2,3-6H3/t20-,21-,22+,24?,28-,29?/m0/s1. The molecule has 0 radical (unpaired) electrons. The van der Waals surface area contributed by atoms with Gasteiger partial charge >= 0.3 is 5.97 Å². The van der Waals surface area contributed by atoms with E-state index in [1.807, 2.05) is 33.8 Å². The van der Waals surface area contributed by atoms with Crippen LogP contribution in [-0.4, -0.2) is 70.8 Å². The molecule has 3 aliphatic rings. The zero-order valence-corrected chi connectivity index (χ0v) is 23.2. The molecule has 0 aliphatic carbocycles. The van der Waals surface area contributed by atoms with Gasteiger partial charge in [-0.15, -0.1) is 6.58 Å². The van der Waals surface area contributed by atoms with Gasteiger partial charge in [0.1, 0.15) is 24.2 Å². The van der Waals surface area contributed by atoms with E-state index >= 15 is 0 Å². The predicted octanol–water partition coefficient (Wildman–Crippen LogP) is 3.68. The zero-order valence-electron chi connectivity index (χ0n) is 22.5. The lowest BCUT2D eigenvalue weighted by Gasteiger charge is -2.41. The molecular weight excluding hydrogens is 508 g/mol. The number of halogens is 1. The number of fused-ring (bicyclic) bond motifs is 1. The first kappa shape index (κ1) is 28.3. The molecule has 3 heterocycles. The molecule has 8 nitrogen and oxygen atoms in total. The summed E-state index contributed by atoms with van der Waals surface area (Å²) in [6.07, 6.45) is 3.98. The second kappa shape index (κ2) is 10.5. The van der Waals surface area contributed by atoms with E-state index < -0.39 is 41.1 Å². The third-order valence-electron chi connectivity index (χ3n) is 8.40. The molecule has 2 unspecified atom stereocenters. The number of likely N-dealkylation sites (tertiary alicyclic amines) is 1. The molecule has 1 aromatic carbocycles. The minimum Gasteiger partial charge on any atom is -0.461 e. The molecule has 1 spiro atoms. The van der Waals surface area contributed by atoms with E-state index in [1.54, 1.807) is 18.2 Å². The maximum atomic E-state index is 14.7. The zero-order chi connectivity index (χ0) is 28.0. The van der Waals surface area contributed by atoms with Gasteiger partial charge in [0.25, 0.3) is 5.91 Å². The van der Waals surface area contributed by atoms with E-state index in [-0.39, 0.29) is 37.5 Å². The Bertz CT molecular complexity index is 1130. The third kappa shape index (κ3) is 4.17. The number of aliphatic hydroxyl groups excluding tert-OH is 1. The van der Waals surface area contributed by atoms with Gasteiger partial charge in [-0.05, 0) is 44.2 Å². The summed E-state index contributed by atoms with van der Waals surface area (Å²) in [6, 6.07) is 3.64. The summed E-state index contributed by atoms with van der Waals surface area (Å²) in [5, 5.41) is 10.8. The average Bonchev–Trinajstić information content (AvgIpc) is 3.43. The average molecular weight is 545 g/mol. The largest absolute Gasteiger partial charge is 0.461 e. The normalized spacial score (nSPS) is 30.3. The first-order chi connectivity index (χ1) is 18.0.